The molecule has 0 spiro atoms. The van der Waals surface area contributed by atoms with Crippen LogP contribution in [0.3, 0.4) is 0 Å². The summed E-state index contributed by atoms with van der Waals surface area (Å²) in [5.74, 6) is 1.51. The van der Waals surface area contributed by atoms with E-state index in [0.29, 0.717) is 18.9 Å². The van der Waals surface area contributed by atoms with Crippen molar-refractivity contribution < 1.29 is 13.9 Å². The number of ether oxygens (including phenoxy) is 1. The number of rotatable bonds is 5. The topological polar surface area (TPSA) is 81.3 Å². The van der Waals surface area contributed by atoms with E-state index in [1.54, 1.807) is 24.2 Å². The standard InChI is InChI=1S/C16H24N4O3/c1-11-6-7-22-13(11)10-17-8-12-9-18-20(5)14(12)19-15(21)23-16(2,3)4/h6-7,9,17H,8,10H2,1-5H3,(H,19,21). The van der Waals surface area contributed by atoms with Crippen LogP contribution in [0, 0.1) is 6.92 Å². The van der Waals surface area contributed by atoms with Gasteiger partial charge in [-0.05, 0) is 39.3 Å². The molecule has 0 saturated carbocycles. The fourth-order valence-electron chi connectivity index (χ4n) is 2.07. The van der Waals surface area contributed by atoms with Gasteiger partial charge >= 0.3 is 6.09 Å². The van der Waals surface area contributed by atoms with Gasteiger partial charge in [-0.1, -0.05) is 0 Å². The Bertz CT molecular complexity index is 667. The first kappa shape index (κ1) is 17.1. The first-order valence-electron chi connectivity index (χ1n) is 7.51. The maximum atomic E-state index is 11.9. The van der Waals surface area contributed by atoms with Gasteiger partial charge in [-0.25, -0.2) is 4.79 Å². The predicted molar refractivity (Wildman–Crippen MR) is 87.1 cm³/mol. The number of anilines is 1. The second-order valence-electron chi connectivity index (χ2n) is 6.40. The van der Waals surface area contributed by atoms with E-state index >= 15 is 0 Å². The molecule has 7 heteroatoms. The zero-order valence-electron chi connectivity index (χ0n) is 14.3. The molecule has 2 aromatic heterocycles. The molecule has 0 aliphatic heterocycles. The van der Waals surface area contributed by atoms with Crippen LogP contribution in [0.4, 0.5) is 10.6 Å². The van der Waals surface area contributed by atoms with Crippen LogP contribution in [-0.4, -0.2) is 21.5 Å². The zero-order chi connectivity index (χ0) is 17.0. The number of nitrogens with one attached hydrogen (secondary N) is 2. The average Bonchev–Trinajstić information content (AvgIpc) is 2.97. The van der Waals surface area contributed by atoms with E-state index in [2.05, 4.69) is 15.7 Å². The Labute approximate surface area is 136 Å². The van der Waals surface area contributed by atoms with Gasteiger partial charge in [0.15, 0.2) is 0 Å². The lowest BCUT2D eigenvalue weighted by Crippen LogP contribution is -2.28. The number of nitrogens with zero attached hydrogens (tertiary/aromatic N) is 2. The first-order chi connectivity index (χ1) is 10.8. The molecule has 0 radical (unpaired) electrons. The van der Waals surface area contributed by atoms with Gasteiger partial charge in [0.2, 0.25) is 0 Å². The number of amides is 1. The summed E-state index contributed by atoms with van der Waals surface area (Å²) >= 11 is 0. The summed E-state index contributed by atoms with van der Waals surface area (Å²) < 4.78 is 12.3. The summed E-state index contributed by atoms with van der Waals surface area (Å²) in [6.07, 6.45) is 2.89. The highest BCUT2D eigenvalue weighted by Crippen LogP contribution is 2.16. The van der Waals surface area contributed by atoms with E-state index in [-0.39, 0.29) is 0 Å². The monoisotopic (exact) mass is 320 g/mol. The molecule has 0 fully saturated rings. The molecule has 23 heavy (non-hydrogen) atoms. The SMILES string of the molecule is Cc1ccoc1CNCc1cnn(C)c1NC(=O)OC(C)(C)C. The number of carbonyl (C=O) groups excluding carboxylic acids is 1. The molecule has 2 rings (SSSR count). The van der Waals surface area contributed by atoms with Crippen LogP contribution in [-0.2, 0) is 24.9 Å². The Morgan fingerprint density at radius 2 is 2.13 bits per heavy atom. The van der Waals surface area contributed by atoms with Crippen LogP contribution in [0.1, 0.15) is 37.7 Å². The van der Waals surface area contributed by atoms with E-state index in [0.717, 1.165) is 16.9 Å². The van der Waals surface area contributed by atoms with E-state index in [9.17, 15) is 4.79 Å². The molecule has 2 aromatic rings. The van der Waals surface area contributed by atoms with E-state index in [1.165, 1.54) is 0 Å². The summed E-state index contributed by atoms with van der Waals surface area (Å²) in [4.78, 5) is 11.9. The van der Waals surface area contributed by atoms with Gasteiger partial charge in [0, 0.05) is 19.2 Å². The lowest BCUT2D eigenvalue weighted by Gasteiger charge is -2.20. The van der Waals surface area contributed by atoms with Crippen molar-refractivity contribution in [2.45, 2.75) is 46.4 Å². The predicted octanol–water partition coefficient (Wildman–Crippen LogP) is 2.96. The van der Waals surface area contributed by atoms with Crippen molar-refractivity contribution in [1.82, 2.24) is 15.1 Å². The molecule has 126 valence electrons. The van der Waals surface area contributed by atoms with Crippen LogP contribution in [0.5, 0.6) is 0 Å². The van der Waals surface area contributed by atoms with Crippen LogP contribution in [0.15, 0.2) is 22.9 Å². The van der Waals surface area contributed by atoms with E-state index in [4.69, 9.17) is 9.15 Å². The third kappa shape index (κ3) is 4.85. The van der Waals surface area contributed by atoms with Crippen molar-refractivity contribution in [3.8, 4) is 0 Å². The molecule has 0 unspecified atom stereocenters. The third-order valence-electron chi connectivity index (χ3n) is 3.20. The highest BCUT2D eigenvalue weighted by molar-refractivity contribution is 5.84. The molecular weight excluding hydrogens is 296 g/mol. The van der Waals surface area contributed by atoms with Gasteiger partial charge < -0.3 is 14.5 Å². The molecule has 0 saturated heterocycles. The second kappa shape index (κ2) is 6.87. The van der Waals surface area contributed by atoms with Gasteiger partial charge in [0.25, 0.3) is 0 Å². The van der Waals surface area contributed by atoms with Gasteiger partial charge in [-0.15, -0.1) is 0 Å². The molecule has 0 atom stereocenters. The minimum Gasteiger partial charge on any atom is -0.468 e. The van der Waals surface area contributed by atoms with Gasteiger partial charge in [0.05, 0.1) is 19.0 Å². The van der Waals surface area contributed by atoms with Gasteiger partial charge in [-0.3, -0.25) is 10.00 Å². The molecule has 2 N–H and O–H groups in total. The lowest BCUT2D eigenvalue weighted by molar-refractivity contribution is 0.0634. The van der Waals surface area contributed by atoms with Crippen LogP contribution >= 0.6 is 0 Å². The van der Waals surface area contributed by atoms with Crippen molar-refractivity contribution in [2.24, 2.45) is 7.05 Å². The van der Waals surface area contributed by atoms with E-state index in [1.807, 2.05) is 33.8 Å². The maximum absolute atomic E-state index is 11.9. The highest BCUT2D eigenvalue weighted by atomic mass is 16.6. The minimum absolute atomic E-state index is 0.496. The summed E-state index contributed by atoms with van der Waals surface area (Å²) in [6.45, 7) is 8.64. The fourth-order valence-corrected chi connectivity index (χ4v) is 2.07. The second-order valence-corrected chi connectivity index (χ2v) is 6.40. The number of hydrogen-bond donors (Lipinski definition) is 2. The molecule has 0 bridgehead atoms. The van der Waals surface area contributed by atoms with Crippen molar-refractivity contribution in [2.75, 3.05) is 5.32 Å². The maximum Gasteiger partial charge on any atom is 0.413 e. The van der Waals surface area contributed by atoms with Crippen LogP contribution in [0.25, 0.3) is 0 Å². The Hall–Kier alpha value is -2.28. The third-order valence-corrected chi connectivity index (χ3v) is 3.20. The number of aromatic nitrogens is 2. The summed E-state index contributed by atoms with van der Waals surface area (Å²) in [7, 11) is 1.77. The average molecular weight is 320 g/mol. The number of carbonyl (C=O) groups is 1. The first-order valence-corrected chi connectivity index (χ1v) is 7.51. The number of hydrogen-bond acceptors (Lipinski definition) is 5. The zero-order valence-corrected chi connectivity index (χ0v) is 14.3. The van der Waals surface area contributed by atoms with Crippen LogP contribution < -0.4 is 10.6 Å². The molecule has 1 amide bonds. The Kier molecular flexibility index (Phi) is 5.10. The summed E-state index contributed by atoms with van der Waals surface area (Å²) in [6, 6.07) is 1.93. The largest absolute Gasteiger partial charge is 0.468 e. The quantitative estimate of drug-likeness (QED) is 0.885. The Morgan fingerprint density at radius 1 is 1.39 bits per heavy atom. The summed E-state index contributed by atoms with van der Waals surface area (Å²) in [5.41, 5.74) is 1.44. The molecule has 0 aliphatic rings. The van der Waals surface area contributed by atoms with E-state index < -0.39 is 11.7 Å². The van der Waals surface area contributed by atoms with Gasteiger partial charge in [0.1, 0.15) is 17.2 Å². The fraction of sp³-hybridized carbons (Fsp3) is 0.500. The van der Waals surface area contributed by atoms with Crippen molar-refractivity contribution >= 4 is 11.9 Å². The van der Waals surface area contributed by atoms with Crippen molar-refractivity contribution in [1.29, 1.82) is 0 Å². The highest BCUT2D eigenvalue weighted by Gasteiger charge is 2.19. The summed E-state index contributed by atoms with van der Waals surface area (Å²) in [5, 5.41) is 10.2. The minimum atomic E-state index is -0.544. The molecular formula is C16H24N4O3. The molecule has 2 heterocycles. The smallest absolute Gasteiger partial charge is 0.413 e. The van der Waals surface area contributed by atoms with Crippen LogP contribution in [0.2, 0.25) is 0 Å². The lowest BCUT2D eigenvalue weighted by atomic mass is 10.2. The molecule has 0 aromatic carbocycles. The molecule has 7 nitrogen and oxygen atoms in total. The number of furan rings is 1. The number of aryl methyl sites for hydroxylation is 2. The Balaban J connectivity index is 1.95. The molecule has 0 aliphatic carbocycles. The Morgan fingerprint density at radius 3 is 2.74 bits per heavy atom. The van der Waals surface area contributed by atoms with Crippen molar-refractivity contribution in [3.63, 3.8) is 0 Å². The normalized spacial score (nSPS) is 11.5. The van der Waals surface area contributed by atoms with Gasteiger partial charge in [-0.2, -0.15) is 5.10 Å². The van der Waals surface area contributed by atoms with Crippen molar-refractivity contribution in [3.05, 3.63) is 35.4 Å².